The Kier molecular flexibility index (Phi) is 4.33. The molecule has 98 valence electrons. The van der Waals surface area contributed by atoms with Gasteiger partial charge in [0.1, 0.15) is 12.0 Å². The first-order valence-electron chi connectivity index (χ1n) is 5.78. The van der Waals surface area contributed by atoms with E-state index in [2.05, 4.69) is 10.3 Å². The van der Waals surface area contributed by atoms with Crippen LogP contribution in [-0.4, -0.2) is 29.7 Å². The Labute approximate surface area is 109 Å². The highest BCUT2D eigenvalue weighted by Crippen LogP contribution is 2.24. The van der Waals surface area contributed by atoms with Crippen LogP contribution in [0, 0.1) is 16.0 Å². The van der Waals surface area contributed by atoms with E-state index < -0.39 is 4.92 Å². The van der Waals surface area contributed by atoms with E-state index in [0.29, 0.717) is 11.7 Å². The summed E-state index contributed by atoms with van der Waals surface area (Å²) in [6, 6.07) is 1.30. The first-order valence-corrected chi connectivity index (χ1v) is 6.16. The van der Waals surface area contributed by atoms with Crippen LogP contribution < -0.4 is 5.32 Å². The van der Waals surface area contributed by atoms with E-state index in [0.717, 1.165) is 32.6 Å². The third kappa shape index (κ3) is 3.30. The molecule has 1 saturated heterocycles. The fraction of sp³-hybridized carbons (Fsp3) is 0.545. The van der Waals surface area contributed by atoms with Gasteiger partial charge in [-0.3, -0.25) is 10.1 Å². The summed E-state index contributed by atoms with van der Waals surface area (Å²) in [5.41, 5.74) is -0.102. The zero-order valence-electron chi connectivity index (χ0n) is 9.76. The third-order valence-corrected chi connectivity index (χ3v) is 3.19. The Morgan fingerprint density at radius 3 is 3.11 bits per heavy atom. The molecule has 1 aliphatic rings. The monoisotopic (exact) mass is 271 g/mol. The lowest BCUT2D eigenvalue weighted by Crippen LogP contribution is -2.10. The van der Waals surface area contributed by atoms with E-state index in [9.17, 15) is 10.1 Å². The minimum atomic E-state index is -0.515. The van der Waals surface area contributed by atoms with Crippen molar-refractivity contribution in [3.63, 3.8) is 0 Å². The molecule has 0 aromatic carbocycles. The lowest BCUT2D eigenvalue weighted by molar-refractivity contribution is -0.385. The van der Waals surface area contributed by atoms with Crippen molar-refractivity contribution in [1.29, 1.82) is 0 Å². The maximum atomic E-state index is 10.5. The molecule has 1 aromatic rings. The van der Waals surface area contributed by atoms with Crippen molar-refractivity contribution in [2.45, 2.75) is 12.8 Å². The number of anilines is 1. The molecule has 1 fully saturated rings. The van der Waals surface area contributed by atoms with E-state index in [4.69, 9.17) is 16.3 Å². The third-order valence-electron chi connectivity index (χ3n) is 2.91. The van der Waals surface area contributed by atoms with Crippen LogP contribution in [0.5, 0.6) is 0 Å². The highest BCUT2D eigenvalue weighted by atomic mass is 35.5. The van der Waals surface area contributed by atoms with Crippen LogP contribution in [0.15, 0.2) is 12.3 Å². The molecule has 2 heterocycles. The van der Waals surface area contributed by atoms with Crippen LogP contribution in [0.4, 0.5) is 11.5 Å². The van der Waals surface area contributed by atoms with Gasteiger partial charge in [0.25, 0.3) is 5.69 Å². The van der Waals surface area contributed by atoms with Gasteiger partial charge in [-0.2, -0.15) is 0 Å². The van der Waals surface area contributed by atoms with Crippen molar-refractivity contribution in [3.8, 4) is 0 Å². The largest absolute Gasteiger partial charge is 0.381 e. The Morgan fingerprint density at radius 2 is 2.50 bits per heavy atom. The van der Waals surface area contributed by atoms with E-state index in [1.165, 1.54) is 12.3 Å². The second-order valence-electron chi connectivity index (χ2n) is 4.23. The summed E-state index contributed by atoms with van der Waals surface area (Å²) in [7, 11) is 0. The molecule has 0 spiro atoms. The van der Waals surface area contributed by atoms with Crippen LogP contribution >= 0.6 is 11.6 Å². The van der Waals surface area contributed by atoms with Gasteiger partial charge >= 0.3 is 0 Å². The fourth-order valence-corrected chi connectivity index (χ4v) is 2.09. The summed E-state index contributed by atoms with van der Waals surface area (Å²) in [6.45, 7) is 2.38. The van der Waals surface area contributed by atoms with Gasteiger partial charge in [-0.15, -0.1) is 0 Å². The normalized spacial score (nSPS) is 18.8. The molecule has 0 amide bonds. The number of nitrogens with one attached hydrogen (secondary N) is 1. The van der Waals surface area contributed by atoms with Gasteiger partial charge in [-0.1, -0.05) is 11.6 Å². The lowest BCUT2D eigenvalue weighted by Gasteiger charge is -2.09. The van der Waals surface area contributed by atoms with Crippen LogP contribution in [0.2, 0.25) is 5.02 Å². The minimum absolute atomic E-state index is 0.102. The topological polar surface area (TPSA) is 77.3 Å². The summed E-state index contributed by atoms with van der Waals surface area (Å²) in [4.78, 5) is 14.0. The number of halogens is 1. The van der Waals surface area contributed by atoms with Crippen molar-refractivity contribution in [3.05, 3.63) is 27.4 Å². The van der Waals surface area contributed by atoms with Gasteiger partial charge < -0.3 is 10.1 Å². The van der Waals surface area contributed by atoms with Crippen molar-refractivity contribution < 1.29 is 9.66 Å². The van der Waals surface area contributed by atoms with Gasteiger partial charge in [-0.05, 0) is 18.8 Å². The molecule has 0 aliphatic carbocycles. The predicted octanol–water partition coefficient (Wildman–Crippen LogP) is 2.48. The Balaban J connectivity index is 1.87. The Bertz CT molecular complexity index is 436. The van der Waals surface area contributed by atoms with Crippen LogP contribution in [0.3, 0.4) is 0 Å². The van der Waals surface area contributed by atoms with Gasteiger partial charge in [0.2, 0.25) is 0 Å². The number of rotatable bonds is 5. The van der Waals surface area contributed by atoms with Crippen molar-refractivity contribution >= 4 is 23.1 Å². The molecule has 2 rings (SSSR count). The average Bonchev–Trinajstić information content (AvgIpc) is 2.84. The summed E-state index contributed by atoms with van der Waals surface area (Å²) in [6.07, 6.45) is 3.27. The van der Waals surface area contributed by atoms with Crippen LogP contribution in [0.25, 0.3) is 0 Å². The van der Waals surface area contributed by atoms with Gasteiger partial charge in [0.15, 0.2) is 0 Å². The first-order chi connectivity index (χ1) is 8.66. The molecule has 7 heteroatoms. The zero-order valence-corrected chi connectivity index (χ0v) is 10.5. The van der Waals surface area contributed by atoms with Crippen LogP contribution in [-0.2, 0) is 4.74 Å². The summed E-state index contributed by atoms with van der Waals surface area (Å²) >= 11 is 5.91. The average molecular weight is 272 g/mol. The van der Waals surface area contributed by atoms with Crippen molar-refractivity contribution in [2.24, 2.45) is 5.92 Å². The number of hydrogen-bond donors (Lipinski definition) is 1. The maximum Gasteiger partial charge on any atom is 0.289 e. The Hall–Kier alpha value is -1.40. The summed E-state index contributed by atoms with van der Waals surface area (Å²) < 4.78 is 5.28. The second-order valence-corrected chi connectivity index (χ2v) is 4.63. The molecule has 0 saturated carbocycles. The fourth-order valence-electron chi connectivity index (χ4n) is 1.86. The number of hydrogen-bond acceptors (Lipinski definition) is 5. The first kappa shape index (κ1) is 13.0. The minimum Gasteiger partial charge on any atom is -0.381 e. The lowest BCUT2D eigenvalue weighted by atomic mass is 10.1. The Morgan fingerprint density at radius 1 is 1.67 bits per heavy atom. The molecule has 1 atom stereocenters. The molecule has 1 aromatic heterocycles. The second kappa shape index (κ2) is 5.97. The summed E-state index contributed by atoms with van der Waals surface area (Å²) in [5, 5.41) is 13.9. The quantitative estimate of drug-likeness (QED) is 0.657. The number of pyridine rings is 1. The van der Waals surface area contributed by atoms with Gasteiger partial charge in [-0.25, -0.2) is 4.98 Å². The van der Waals surface area contributed by atoms with E-state index in [-0.39, 0.29) is 10.7 Å². The van der Waals surface area contributed by atoms with Crippen LogP contribution in [0.1, 0.15) is 12.8 Å². The standard InChI is InChI=1S/C11H14ClN3O3/c12-10-5-9(15(16)17)6-14-11(10)13-3-1-8-2-4-18-7-8/h5-6,8H,1-4,7H2,(H,13,14). The maximum absolute atomic E-state index is 10.5. The smallest absolute Gasteiger partial charge is 0.289 e. The summed E-state index contributed by atoms with van der Waals surface area (Å²) in [5.74, 6) is 1.07. The van der Waals surface area contributed by atoms with E-state index in [1.807, 2.05) is 0 Å². The molecule has 18 heavy (non-hydrogen) atoms. The molecule has 0 radical (unpaired) electrons. The number of nitrogens with zero attached hydrogens (tertiary/aromatic N) is 2. The van der Waals surface area contributed by atoms with E-state index in [1.54, 1.807) is 0 Å². The molecule has 6 nitrogen and oxygen atoms in total. The van der Waals surface area contributed by atoms with Gasteiger partial charge in [0.05, 0.1) is 9.95 Å². The van der Waals surface area contributed by atoms with Crippen molar-refractivity contribution in [2.75, 3.05) is 25.1 Å². The molecule has 1 unspecified atom stereocenters. The molecule has 0 bridgehead atoms. The van der Waals surface area contributed by atoms with Crippen molar-refractivity contribution in [1.82, 2.24) is 4.98 Å². The molecular weight excluding hydrogens is 258 g/mol. The predicted molar refractivity (Wildman–Crippen MR) is 67.9 cm³/mol. The number of ether oxygens (including phenoxy) is 1. The highest BCUT2D eigenvalue weighted by Gasteiger charge is 2.15. The molecule has 1 N–H and O–H groups in total. The van der Waals surface area contributed by atoms with E-state index >= 15 is 0 Å². The van der Waals surface area contributed by atoms with Gasteiger partial charge in [0, 0.05) is 25.8 Å². The highest BCUT2D eigenvalue weighted by molar-refractivity contribution is 6.33. The molecule has 1 aliphatic heterocycles. The number of nitro groups is 1. The number of aromatic nitrogens is 1. The zero-order chi connectivity index (χ0) is 13.0. The molecular formula is C11H14ClN3O3. The SMILES string of the molecule is O=[N+]([O-])c1cnc(NCCC2CCOC2)c(Cl)c1.